The van der Waals surface area contributed by atoms with Crippen LogP contribution in [0.5, 0.6) is 0 Å². The van der Waals surface area contributed by atoms with Crippen molar-refractivity contribution >= 4 is 33.4 Å². The van der Waals surface area contributed by atoms with Crippen molar-refractivity contribution in [3.05, 3.63) is 34.9 Å². The zero-order valence-electron chi connectivity index (χ0n) is 6.89. The summed E-state index contributed by atoms with van der Waals surface area (Å²) in [6.07, 6.45) is 0. The topological polar surface area (TPSA) is 29.1 Å². The van der Waals surface area contributed by atoms with E-state index in [2.05, 4.69) is 21.2 Å². The Morgan fingerprint density at radius 2 is 2.00 bits per heavy atom. The number of halogens is 2. The Kier molecular flexibility index (Phi) is 4.25. The minimum Gasteiger partial charge on any atom is -0.351 e. The highest BCUT2D eigenvalue weighted by Gasteiger charge is 2.02. The van der Waals surface area contributed by atoms with Gasteiger partial charge in [-0.1, -0.05) is 27.5 Å². The third kappa shape index (κ3) is 3.36. The van der Waals surface area contributed by atoms with Gasteiger partial charge in [0.1, 0.15) is 0 Å². The minimum absolute atomic E-state index is 0.0730. The van der Waals surface area contributed by atoms with Crippen molar-refractivity contribution in [1.29, 1.82) is 0 Å². The van der Waals surface area contributed by atoms with E-state index in [-0.39, 0.29) is 5.91 Å². The van der Waals surface area contributed by atoms with Crippen molar-refractivity contribution in [2.75, 3.05) is 11.9 Å². The van der Waals surface area contributed by atoms with E-state index >= 15 is 0 Å². The summed E-state index contributed by atoms with van der Waals surface area (Å²) in [6, 6.07) is 6.80. The van der Waals surface area contributed by atoms with E-state index in [0.29, 0.717) is 17.1 Å². The van der Waals surface area contributed by atoms with Crippen LogP contribution < -0.4 is 5.32 Å². The number of nitrogens with one attached hydrogen (secondary N) is 1. The summed E-state index contributed by atoms with van der Waals surface area (Å²) in [5.41, 5.74) is 0.630. The molecule has 70 valence electrons. The molecule has 1 N–H and O–H groups in total. The Bertz CT molecular complexity index is 286. The van der Waals surface area contributed by atoms with Gasteiger partial charge in [0.05, 0.1) is 0 Å². The van der Waals surface area contributed by atoms with Gasteiger partial charge in [0.25, 0.3) is 5.91 Å². The molecule has 13 heavy (non-hydrogen) atoms. The molecule has 1 aromatic rings. The number of amides is 1. The van der Waals surface area contributed by atoms with Crippen molar-refractivity contribution in [2.45, 2.75) is 0 Å². The molecule has 1 rings (SSSR count). The van der Waals surface area contributed by atoms with Crippen molar-refractivity contribution in [3.8, 4) is 0 Å². The molecule has 0 radical (unpaired) electrons. The van der Waals surface area contributed by atoms with Crippen LogP contribution >= 0.6 is 27.5 Å². The minimum atomic E-state index is -0.0730. The lowest BCUT2D eigenvalue weighted by Crippen LogP contribution is -2.24. The van der Waals surface area contributed by atoms with Gasteiger partial charge in [-0.2, -0.15) is 0 Å². The molecule has 0 aliphatic rings. The van der Waals surface area contributed by atoms with Gasteiger partial charge in [0, 0.05) is 22.5 Å². The molecule has 0 aliphatic carbocycles. The van der Waals surface area contributed by atoms with E-state index in [0.717, 1.165) is 5.33 Å². The van der Waals surface area contributed by atoms with E-state index in [4.69, 9.17) is 11.6 Å². The third-order valence-corrected chi connectivity index (χ3v) is 2.13. The van der Waals surface area contributed by atoms with Crippen LogP contribution in [0.3, 0.4) is 0 Å². The second-order valence-corrected chi connectivity index (χ2v) is 3.68. The predicted molar refractivity (Wildman–Crippen MR) is 57.6 cm³/mol. The number of rotatable bonds is 3. The molecule has 1 aromatic carbocycles. The van der Waals surface area contributed by atoms with Gasteiger partial charge in [-0.15, -0.1) is 0 Å². The van der Waals surface area contributed by atoms with Crippen LogP contribution in [0.2, 0.25) is 5.02 Å². The Balaban J connectivity index is 2.61. The van der Waals surface area contributed by atoms with Crippen molar-refractivity contribution < 1.29 is 4.79 Å². The summed E-state index contributed by atoms with van der Waals surface area (Å²) in [5.74, 6) is -0.0730. The number of benzene rings is 1. The zero-order chi connectivity index (χ0) is 9.68. The molecular formula is C9H9BrClNO. The van der Waals surface area contributed by atoms with Gasteiger partial charge < -0.3 is 5.32 Å². The van der Waals surface area contributed by atoms with Gasteiger partial charge in [-0.05, 0) is 24.3 Å². The predicted octanol–water partition coefficient (Wildman–Crippen LogP) is 2.46. The fraction of sp³-hybridized carbons (Fsp3) is 0.222. The van der Waals surface area contributed by atoms with E-state index in [1.165, 1.54) is 0 Å². The number of alkyl halides is 1. The number of carbonyl (C=O) groups is 1. The van der Waals surface area contributed by atoms with E-state index < -0.39 is 0 Å². The summed E-state index contributed by atoms with van der Waals surface area (Å²) in [6.45, 7) is 0.626. The van der Waals surface area contributed by atoms with Crippen LogP contribution in [0.15, 0.2) is 24.3 Å². The molecule has 0 aromatic heterocycles. The van der Waals surface area contributed by atoms with Gasteiger partial charge >= 0.3 is 0 Å². The highest BCUT2D eigenvalue weighted by atomic mass is 79.9. The van der Waals surface area contributed by atoms with Crippen LogP contribution in [0.25, 0.3) is 0 Å². The zero-order valence-corrected chi connectivity index (χ0v) is 9.23. The first-order chi connectivity index (χ1) is 6.24. The first-order valence-electron chi connectivity index (χ1n) is 3.84. The largest absolute Gasteiger partial charge is 0.351 e. The highest BCUT2D eigenvalue weighted by molar-refractivity contribution is 9.09. The monoisotopic (exact) mass is 261 g/mol. The maximum Gasteiger partial charge on any atom is 0.251 e. The van der Waals surface area contributed by atoms with E-state index in [1.54, 1.807) is 24.3 Å². The number of hydrogen-bond donors (Lipinski definition) is 1. The molecule has 0 saturated carbocycles. The molecule has 4 heteroatoms. The quantitative estimate of drug-likeness (QED) is 0.833. The molecule has 0 fully saturated rings. The van der Waals surface area contributed by atoms with Crippen LogP contribution in [0.1, 0.15) is 10.4 Å². The molecule has 0 heterocycles. The Hall–Kier alpha value is -0.540. The summed E-state index contributed by atoms with van der Waals surface area (Å²) < 4.78 is 0. The average molecular weight is 263 g/mol. The fourth-order valence-electron chi connectivity index (χ4n) is 0.864. The maximum atomic E-state index is 11.3. The van der Waals surface area contributed by atoms with Gasteiger partial charge in [0.2, 0.25) is 0 Å². The standard InChI is InChI=1S/C9H9BrClNO/c10-5-6-12-9(13)7-1-3-8(11)4-2-7/h1-4H,5-6H2,(H,12,13). The fourth-order valence-corrected chi connectivity index (χ4v) is 1.19. The molecule has 1 amide bonds. The Morgan fingerprint density at radius 1 is 1.38 bits per heavy atom. The van der Waals surface area contributed by atoms with Crippen LogP contribution in [0.4, 0.5) is 0 Å². The normalized spacial score (nSPS) is 9.69. The van der Waals surface area contributed by atoms with Crippen LogP contribution in [-0.2, 0) is 0 Å². The van der Waals surface area contributed by atoms with Crippen molar-refractivity contribution in [3.63, 3.8) is 0 Å². The lowest BCUT2D eigenvalue weighted by Gasteiger charge is -2.02. The Labute approximate surface area is 90.4 Å². The summed E-state index contributed by atoms with van der Waals surface area (Å²) in [5, 5.41) is 4.13. The van der Waals surface area contributed by atoms with Crippen molar-refractivity contribution in [2.24, 2.45) is 0 Å². The number of hydrogen-bond acceptors (Lipinski definition) is 1. The number of carbonyl (C=O) groups excluding carboxylic acids is 1. The van der Waals surface area contributed by atoms with E-state index in [1.807, 2.05) is 0 Å². The second kappa shape index (κ2) is 5.25. The van der Waals surface area contributed by atoms with Gasteiger partial charge in [-0.3, -0.25) is 4.79 Å². The second-order valence-electron chi connectivity index (χ2n) is 2.45. The SMILES string of the molecule is O=C(NCCBr)c1ccc(Cl)cc1. The first kappa shape index (κ1) is 10.5. The van der Waals surface area contributed by atoms with Gasteiger partial charge in [-0.25, -0.2) is 0 Å². The molecular weight excluding hydrogens is 253 g/mol. The van der Waals surface area contributed by atoms with Crippen LogP contribution in [0, 0.1) is 0 Å². The first-order valence-corrected chi connectivity index (χ1v) is 5.33. The van der Waals surface area contributed by atoms with E-state index in [9.17, 15) is 4.79 Å². The third-order valence-electron chi connectivity index (χ3n) is 1.49. The Morgan fingerprint density at radius 3 is 2.54 bits per heavy atom. The maximum absolute atomic E-state index is 11.3. The van der Waals surface area contributed by atoms with Gasteiger partial charge in [0.15, 0.2) is 0 Å². The molecule has 0 unspecified atom stereocenters. The molecule has 2 nitrogen and oxygen atoms in total. The van der Waals surface area contributed by atoms with Crippen LogP contribution in [-0.4, -0.2) is 17.8 Å². The lowest BCUT2D eigenvalue weighted by atomic mass is 10.2. The molecule has 0 bridgehead atoms. The summed E-state index contributed by atoms with van der Waals surface area (Å²) in [4.78, 5) is 11.3. The summed E-state index contributed by atoms with van der Waals surface area (Å²) >= 11 is 8.91. The average Bonchev–Trinajstić information content (AvgIpc) is 2.15. The lowest BCUT2D eigenvalue weighted by molar-refractivity contribution is 0.0956. The smallest absolute Gasteiger partial charge is 0.251 e. The highest BCUT2D eigenvalue weighted by Crippen LogP contribution is 2.09. The molecule has 0 spiro atoms. The summed E-state index contributed by atoms with van der Waals surface area (Å²) in [7, 11) is 0. The molecule has 0 saturated heterocycles. The molecule has 0 aliphatic heterocycles. The molecule has 0 atom stereocenters. The van der Waals surface area contributed by atoms with Crippen molar-refractivity contribution in [1.82, 2.24) is 5.32 Å².